The van der Waals surface area contributed by atoms with Crippen LogP contribution in [0.3, 0.4) is 0 Å². The minimum Gasteiger partial charge on any atom is -0.478 e. The van der Waals surface area contributed by atoms with Crippen LogP contribution in [0.4, 0.5) is 5.13 Å². The maximum absolute atomic E-state index is 12.2. The van der Waals surface area contributed by atoms with Crippen LogP contribution < -0.4 is 4.72 Å². The lowest BCUT2D eigenvalue weighted by Crippen LogP contribution is -2.16. The molecule has 9 heteroatoms. The summed E-state index contributed by atoms with van der Waals surface area (Å²) < 4.78 is 26.6. The third-order valence-corrected chi connectivity index (χ3v) is 4.91. The number of hydrogen-bond acceptors (Lipinski definition) is 6. The summed E-state index contributed by atoms with van der Waals surface area (Å²) in [5.41, 5.74) is -0.291. The number of anilines is 1. The van der Waals surface area contributed by atoms with Crippen molar-refractivity contribution in [1.82, 2.24) is 10.2 Å². The molecule has 1 aromatic carbocycles. The summed E-state index contributed by atoms with van der Waals surface area (Å²) in [5, 5.41) is 17.3. The summed E-state index contributed by atoms with van der Waals surface area (Å²) in [6.07, 6.45) is 0.644. The summed E-state index contributed by atoms with van der Waals surface area (Å²) in [4.78, 5) is 10.7. The van der Waals surface area contributed by atoms with Crippen LogP contribution in [0.25, 0.3) is 0 Å². The van der Waals surface area contributed by atoms with E-state index in [4.69, 9.17) is 5.11 Å². The van der Waals surface area contributed by atoms with Crippen molar-refractivity contribution in [3.05, 3.63) is 34.8 Å². The number of aryl methyl sites for hydroxylation is 1. The molecule has 0 bridgehead atoms. The molecule has 106 valence electrons. The monoisotopic (exact) mass is 313 g/mol. The van der Waals surface area contributed by atoms with E-state index >= 15 is 0 Å². The Labute approximate surface area is 119 Å². The van der Waals surface area contributed by atoms with Crippen molar-refractivity contribution in [3.63, 3.8) is 0 Å². The Balaban J connectivity index is 2.38. The highest BCUT2D eigenvalue weighted by Crippen LogP contribution is 2.22. The van der Waals surface area contributed by atoms with E-state index in [0.29, 0.717) is 11.4 Å². The van der Waals surface area contributed by atoms with E-state index in [2.05, 4.69) is 14.9 Å². The zero-order chi connectivity index (χ0) is 14.8. The fourth-order valence-electron chi connectivity index (χ4n) is 1.49. The van der Waals surface area contributed by atoms with Crippen LogP contribution in [-0.4, -0.2) is 29.7 Å². The van der Waals surface area contributed by atoms with E-state index in [9.17, 15) is 13.2 Å². The summed E-state index contributed by atoms with van der Waals surface area (Å²) >= 11 is 1.11. The first kappa shape index (κ1) is 14.4. The van der Waals surface area contributed by atoms with E-state index in [1.807, 2.05) is 6.92 Å². The fraction of sp³-hybridized carbons (Fsp3) is 0.182. The average molecular weight is 313 g/mol. The van der Waals surface area contributed by atoms with Gasteiger partial charge in [0.05, 0.1) is 5.56 Å². The Hall–Kier alpha value is -2.00. The molecule has 0 spiro atoms. The van der Waals surface area contributed by atoms with Gasteiger partial charge in [0.25, 0.3) is 10.0 Å². The van der Waals surface area contributed by atoms with Crippen LogP contribution in [0.2, 0.25) is 0 Å². The van der Waals surface area contributed by atoms with Gasteiger partial charge in [-0.05, 0) is 18.6 Å². The third kappa shape index (κ3) is 2.94. The van der Waals surface area contributed by atoms with Gasteiger partial charge < -0.3 is 5.11 Å². The zero-order valence-corrected chi connectivity index (χ0v) is 12.0. The molecule has 0 aliphatic heterocycles. The quantitative estimate of drug-likeness (QED) is 0.867. The predicted molar refractivity (Wildman–Crippen MR) is 73.5 cm³/mol. The lowest BCUT2D eigenvalue weighted by atomic mass is 10.2. The second-order valence-electron chi connectivity index (χ2n) is 3.76. The Morgan fingerprint density at radius 3 is 2.65 bits per heavy atom. The minimum absolute atomic E-state index is 0.113. The number of sulfonamides is 1. The fourth-order valence-corrected chi connectivity index (χ4v) is 3.60. The van der Waals surface area contributed by atoms with E-state index in [1.54, 1.807) is 0 Å². The van der Waals surface area contributed by atoms with Crippen molar-refractivity contribution in [2.24, 2.45) is 0 Å². The molecular formula is C11H11N3O4S2. The van der Waals surface area contributed by atoms with Gasteiger partial charge in [-0.25, -0.2) is 13.2 Å². The highest BCUT2D eigenvalue weighted by molar-refractivity contribution is 7.93. The summed E-state index contributed by atoms with van der Waals surface area (Å²) in [6.45, 7) is 1.87. The molecule has 1 heterocycles. The van der Waals surface area contributed by atoms with Gasteiger partial charge in [0.15, 0.2) is 0 Å². The molecule has 1 aromatic heterocycles. The Kier molecular flexibility index (Phi) is 4.00. The second kappa shape index (κ2) is 5.55. The Morgan fingerprint density at radius 2 is 2.05 bits per heavy atom. The molecule has 2 rings (SSSR count). The molecule has 0 radical (unpaired) electrons. The SMILES string of the molecule is CCc1nnc(NS(=O)(=O)c2ccccc2C(=O)O)s1. The number of carboxylic acid groups (broad SMARTS) is 1. The summed E-state index contributed by atoms with van der Waals surface area (Å²) in [5.74, 6) is -1.31. The van der Waals surface area contributed by atoms with Crippen molar-refractivity contribution in [2.75, 3.05) is 4.72 Å². The van der Waals surface area contributed by atoms with Gasteiger partial charge >= 0.3 is 5.97 Å². The number of rotatable bonds is 5. The molecule has 0 saturated carbocycles. The molecule has 0 saturated heterocycles. The molecule has 0 aliphatic rings. The third-order valence-electron chi connectivity index (χ3n) is 2.40. The minimum atomic E-state index is -4.01. The lowest BCUT2D eigenvalue weighted by Gasteiger charge is -2.07. The molecule has 0 atom stereocenters. The van der Waals surface area contributed by atoms with Gasteiger partial charge in [0, 0.05) is 0 Å². The number of nitrogens with zero attached hydrogens (tertiary/aromatic N) is 2. The molecule has 2 N–H and O–H groups in total. The highest BCUT2D eigenvalue weighted by atomic mass is 32.2. The average Bonchev–Trinajstić information content (AvgIpc) is 2.85. The molecule has 0 aliphatic carbocycles. The number of hydrogen-bond donors (Lipinski definition) is 2. The van der Waals surface area contributed by atoms with Gasteiger partial charge in [-0.2, -0.15) is 0 Å². The summed E-state index contributed by atoms with van der Waals surface area (Å²) in [7, 11) is -4.01. The van der Waals surface area contributed by atoms with Gasteiger partial charge in [-0.3, -0.25) is 4.72 Å². The van der Waals surface area contributed by atoms with Crippen LogP contribution in [0.1, 0.15) is 22.3 Å². The molecule has 0 unspecified atom stereocenters. The Morgan fingerprint density at radius 1 is 1.35 bits per heavy atom. The van der Waals surface area contributed by atoms with E-state index < -0.39 is 16.0 Å². The van der Waals surface area contributed by atoms with Gasteiger partial charge in [-0.1, -0.05) is 30.4 Å². The van der Waals surface area contributed by atoms with Crippen molar-refractivity contribution in [3.8, 4) is 0 Å². The number of nitrogens with one attached hydrogen (secondary N) is 1. The van der Waals surface area contributed by atoms with Gasteiger partial charge in [-0.15, -0.1) is 10.2 Å². The van der Waals surface area contributed by atoms with Crippen molar-refractivity contribution in [1.29, 1.82) is 0 Å². The first-order valence-electron chi connectivity index (χ1n) is 5.61. The zero-order valence-electron chi connectivity index (χ0n) is 10.4. The van der Waals surface area contributed by atoms with Crippen molar-refractivity contribution < 1.29 is 18.3 Å². The molecule has 0 fully saturated rings. The van der Waals surface area contributed by atoms with Crippen molar-refractivity contribution >= 4 is 32.5 Å². The second-order valence-corrected chi connectivity index (χ2v) is 6.47. The normalized spacial score (nSPS) is 11.2. The summed E-state index contributed by atoms with van der Waals surface area (Å²) in [6, 6.07) is 5.38. The van der Waals surface area contributed by atoms with Crippen molar-refractivity contribution in [2.45, 2.75) is 18.2 Å². The topological polar surface area (TPSA) is 109 Å². The maximum atomic E-state index is 12.2. The van der Waals surface area contributed by atoms with Crippen LogP contribution in [0.15, 0.2) is 29.2 Å². The molecule has 20 heavy (non-hydrogen) atoms. The molecule has 0 amide bonds. The maximum Gasteiger partial charge on any atom is 0.337 e. The van der Waals surface area contributed by atoms with Gasteiger partial charge in [0.2, 0.25) is 5.13 Å². The predicted octanol–water partition coefficient (Wildman–Crippen LogP) is 1.60. The van der Waals surface area contributed by atoms with E-state index in [-0.39, 0.29) is 15.6 Å². The number of benzene rings is 1. The Bertz CT molecular complexity index is 740. The van der Waals surface area contributed by atoms with E-state index in [0.717, 1.165) is 11.3 Å². The molecule has 7 nitrogen and oxygen atoms in total. The number of carboxylic acids is 1. The van der Waals surface area contributed by atoms with Crippen LogP contribution in [-0.2, 0) is 16.4 Å². The molecular weight excluding hydrogens is 302 g/mol. The lowest BCUT2D eigenvalue weighted by molar-refractivity contribution is 0.0692. The standard InChI is InChI=1S/C11H11N3O4S2/c1-2-9-12-13-11(19-9)14-20(17,18)8-6-4-3-5-7(8)10(15)16/h3-6H,2H2,1H3,(H,13,14)(H,15,16). The van der Waals surface area contributed by atoms with E-state index in [1.165, 1.54) is 24.3 Å². The number of carbonyl (C=O) groups is 1. The van der Waals surface area contributed by atoms with Crippen LogP contribution in [0, 0.1) is 0 Å². The number of aromatic nitrogens is 2. The van der Waals surface area contributed by atoms with Gasteiger partial charge in [0.1, 0.15) is 9.90 Å². The number of aromatic carboxylic acids is 1. The first-order valence-corrected chi connectivity index (χ1v) is 7.91. The van der Waals surface area contributed by atoms with Crippen LogP contribution in [0.5, 0.6) is 0 Å². The van der Waals surface area contributed by atoms with Crippen LogP contribution >= 0.6 is 11.3 Å². The first-order chi connectivity index (χ1) is 9.44. The smallest absolute Gasteiger partial charge is 0.337 e. The highest BCUT2D eigenvalue weighted by Gasteiger charge is 2.23. The largest absolute Gasteiger partial charge is 0.478 e. The molecule has 2 aromatic rings.